The van der Waals surface area contributed by atoms with Crippen LogP contribution in [-0.2, 0) is 25.4 Å². The summed E-state index contributed by atoms with van der Waals surface area (Å²) in [6, 6.07) is 6.00. The highest BCUT2D eigenvalue weighted by molar-refractivity contribution is 7.99. The number of thioether (sulfide) groups is 1. The minimum absolute atomic E-state index is 0.0316. The van der Waals surface area contributed by atoms with Gasteiger partial charge < -0.3 is 9.47 Å². The van der Waals surface area contributed by atoms with Crippen LogP contribution in [0.4, 0.5) is 4.39 Å². The zero-order valence-electron chi connectivity index (χ0n) is 18.4. The van der Waals surface area contributed by atoms with Crippen LogP contribution >= 0.6 is 11.8 Å². The Bertz CT molecular complexity index is 1270. The van der Waals surface area contributed by atoms with Crippen molar-refractivity contribution in [1.29, 1.82) is 0 Å². The van der Waals surface area contributed by atoms with Gasteiger partial charge in [-0.3, -0.25) is 18.7 Å². The molecule has 8 nitrogen and oxygen atoms in total. The molecule has 1 saturated heterocycles. The summed E-state index contributed by atoms with van der Waals surface area (Å²) in [4.78, 5) is 44.5. The Labute approximate surface area is 188 Å². The van der Waals surface area contributed by atoms with Gasteiger partial charge in [-0.25, -0.2) is 14.2 Å². The molecule has 3 aromatic rings. The number of rotatable bonds is 5. The van der Waals surface area contributed by atoms with E-state index in [1.165, 1.54) is 35.5 Å². The summed E-state index contributed by atoms with van der Waals surface area (Å²) in [5.74, 6) is 0.502. The zero-order valence-corrected chi connectivity index (χ0v) is 19.2. The van der Waals surface area contributed by atoms with Gasteiger partial charge in [0.2, 0.25) is 5.91 Å². The zero-order chi connectivity index (χ0) is 23.0. The molecule has 10 heteroatoms. The molecule has 32 heavy (non-hydrogen) atoms. The molecule has 4 rings (SSSR count). The lowest BCUT2D eigenvalue weighted by molar-refractivity contribution is -0.129. The van der Waals surface area contributed by atoms with Gasteiger partial charge in [0, 0.05) is 27.2 Å². The van der Waals surface area contributed by atoms with E-state index >= 15 is 0 Å². The Morgan fingerprint density at radius 1 is 1.12 bits per heavy atom. The van der Waals surface area contributed by atoms with Gasteiger partial charge >= 0.3 is 5.69 Å². The predicted molar refractivity (Wildman–Crippen MR) is 121 cm³/mol. The normalized spacial score (nSPS) is 14.9. The van der Waals surface area contributed by atoms with E-state index in [0.29, 0.717) is 11.1 Å². The third-order valence-electron chi connectivity index (χ3n) is 6.03. The maximum absolute atomic E-state index is 13.4. The molecule has 0 saturated carbocycles. The molecule has 2 aromatic heterocycles. The van der Waals surface area contributed by atoms with Gasteiger partial charge in [-0.05, 0) is 36.5 Å². The number of carbonyl (C=O) groups excluding carboxylic acids is 1. The Hall–Kier alpha value is -2.88. The maximum atomic E-state index is 13.4. The number of halogens is 1. The van der Waals surface area contributed by atoms with Gasteiger partial charge in [0.25, 0.3) is 5.56 Å². The molecule has 0 N–H and O–H groups in total. The second-order valence-corrected chi connectivity index (χ2v) is 9.28. The van der Waals surface area contributed by atoms with E-state index < -0.39 is 11.2 Å². The fraction of sp³-hybridized carbons (Fsp3) is 0.455. The molecule has 0 unspecified atom stereocenters. The number of nitrogens with zero attached hydrogens (tertiary/aromatic N) is 5. The van der Waals surface area contributed by atoms with Crippen LogP contribution in [0.3, 0.4) is 0 Å². The predicted octanol–water partition coefficient (Wildman–Crippen LogP) is 1.97. The Morgan fingerprint density at radius 2 is 1.78 bits per heavy atom. The van der Waals surface area contributed by atoms with Crippen LogP contribution in [-0.4, -0.2) is 48.3 Å². The number of benzene rings is 1. The number of hydrogen-bond acceptors (Lipinski definition) is 5. The molecule has 0 bridgehead atoms. The van der Waals surface area contributed by atoms with Crippen LogP contribution in [0.15, 0.2) is 39.0 Å². The van der Waals surface area contributed by atoms with Crippen molar-refractivity contribution in [3.63, 3.8) is 0 Å². The largest absolute Gasteiger partial charge is 0.342 e. The summed E-state index contributed by atoms with van der Waals surface area (Å²) in [5, 5.41) is 0.473. The molecule has 1 aromatic carbocycles. The van der Waals surface area contributed by atoms with Gasteiger partial charge in [-0.1, -0.05) is 30.8 Å². The van der Waals surface area contributed by atoms with E-state index in [1.54, 1.807) is 23.7 Å². The van der Waals surface area contributed by atoms with E-state index in [1.807, 2.05) is 4.90 Å². The number of likely N-dealkylation sites (tertiary alicyclic amines) is 1. The highest BCUT2D eigenvalue weighted by Gasteiger charge is 2.23. The van der Waals surface area contributed by atoms with Gasteiger partial charge in [-0.2, -0.15) is 0 Å². The van der Waals surface area contributed by atoms with Crippen LogP contribution < -0.4 is 11.2 Å². The fourth-order valence-electron chi connectivity index (χ4n) is 3.93. The highest BCUT2D eigenvalue weighted by atomic mass is 32.2. The van der Waals surface area contributed by atoms with Gasteiger partial charge in [0.05, 0.1) is 12.3 Å². The smallest absolute Gasteiger partial charge is 0.332 e. The number of hydrogen-bond donors (Lipinski definition) is 0. The summed E-state index contributed by atoms with van der Waals surface area (Å²) in [6.07, 6.45) is 2.00. The van der Waals surface area contributed by atoms with Crippen molar-refractivity contribution in [2.24, 2.45) is 20.0 Å². The van der Waals surface area contributed by atoms with E-state index in [2.05, 4.69) is 11.9 Å². The van der Waals surface area contributed by atoms with Crippen LogP contribution in [0.1, 0.15) is 25.3 Å². The molecule has 0 atom stereocenters. The van der Waals surface area contributed by atoms with Gasteiger partial charge in [0.1, 0.15) is 5.82 Å². The van der Waals surface area contributed by atoms with Crippen molar-refractivity contribution in [2.75, 3.05) is 18.8 Å². The first kappa shape index (κ1) is 22.3. The standard InChI is InChI=1S/C22H26FN5O3S/c1-14-8-10-27(11-9-14)17(29)13-32-21-24-19-18(20(30)26(3)22(31)25(19)2)28(21)12-15-4-6-16(23)7-5-15/h4-7,14H,8-13H2,1-3H3. The lowest BCUT2D eigenvalue weighted by atomic mass is 9.99. The molecule has 0 spiro atoms. The van der Waals surface area contributed by atoms with E-state index in [9.17, 15) is 18.8 Å². The maximum Gasteiger partial charge on any atom is 0.332 e. The summed E-state index contributed by atoms with van der Waals surface area (Å²) in [5.41, 5.74) is 0.396. The second-order valence-electron chi connectivity index (χ2n) is 8.34. The van der Waals surface area contributed by atoms with Crippen molar-refractivity contribution in [2.45, 2.75) is 31.5 Å². The van der Waals surface area contributed by atoms with E-state index in [0.717, 1.165) is 36.1 Å². The Morgan fingerprint density at radius 3 is 2.44 bits per heavy atom. The molecular formula is C22H26FN5O3S. The number of carbonyl (C=O) groups is 1. The molecule has 3 heterocycles. The van der Waals surface area contributed by atoms with Crippen LogP contribution in [0.25, 0.3) is 11.2 Å². The first-order valence-electron chi connectivity index (χ1n) is 10.6. The molecule has 1 aliphatic rings. The molecule has 170 valence electrons. The third kappa shape index (κ3) is 4.23. The summed E-state index contributed by atoms with van der Waals surface area (Å²) in [7, 11) is 2.99. The first-order valence-corrected chi connectivity index (χ1v) is 11.6. The van der Waals surface area contributed by atoms with E-state index in [4.69, 9.17) is 0 Å². The second kappa shape index (κ2) is 8.93. The van der Waals surface area contributed by atoms with Crippen molar-refractivity contribution in [3.8, 4) is 0 Å². The van der Waals surface area contributed by atoms with Crippen molar-refractivity contribution < 1.29 is 9.18 Å². The molecule has 0 radical (unpaired) electrons. The number of amides is 1. The molecule has 1 aliphatic heterocycles. The number of aryl methyl sites for hydroxylation is 1. The van der Waals surface area contributed by atoms with Gasteiger partial charge in [-0.15, -0.1) is 0 Å². The van der Waals surface area contributed by atoms with Crippen molar-refractivity contribution in [1.82, 2.24) is 23.6 Å². The fourth-order valence-corrected chi connectivity index (χ4v) is 4.83. The molecular weight excluding hydrogens is 433 g/mol. The average molecular weight is 460 g/mol. The third-order valence-corrected chi connectivity index (χ3v) is 6.99. The quantitative estimate of drug-likeness (QED) is 0.545. The Balaban J connectivity index is 1.70. The van der Waals surface area contributed by atoms with Crippen LogP contribution in [0, 0.1) is 11.7 Å². The first-order chi connectivity index (χ1) is 15.3. The number of fused-ring (bicyclic) bond motifs is 1. The van der Waals surface area contributed by atoms with E-state index in [-0.39, 0.29) is 35.2 Å². The minimum atomic E-state index is -0.469. The monoisotopic (exact) mass is 459 g/mol. The number of piperidine rings is 1. The van der Waals surface area contributed by atoms with Gasteiger partial charge in [0.15, 0.2) is 16.3 Å². The minimum Gasteiger partial charge on any atom is -0.342 e. The number of imidazole rings is 1. The molecule has 0 aliphatic carbocycles. The average Bonchev–Trinajstić information content (AvgIpc) is 3.15. The highest BCUT2D eigenvalue weighted by Crippen LogP contribution is 2.24. The van der Waals surface area contributed by atoms with Crippen LogP contribution in [0.5, 0.6) is 0 Å². The van der Waals surface area contributed by atoms with Crippen LogP contribution in [0.2, 0.25) is 0 Å². The lowest BCUT2D eigenvalue weighted by Gasteiger charge is -2.30. The molecule has 1 fully saturated rings. The topological polar surface area (TPSA) is 82.1 Å². The van der Waals surface area contributed by atoms with Crippen molar-refractivity contribution in [3.05, 3.63) is 56.5 Å². The lowest BCUT2D eigenvalue weighted by Crippen LogP contribution is -2.39. The summed E-state index contributed by atoms with van der Waals surface area (Å²) >= 11 is 1.25. The number of aromatic nitrogens is 4. The summed E-state index contributed by atoms with van der Waals surface area (Å²) in [6.45, 7) is 3.96. The van der Waals surface area contributed by atoms with Crippen molar-refractivity contribution >= 4 is 28.8 Å². The summed E-state index contributed by atoms with van der Waals surface area (Å²) < 4.78 is 17.4. The SMILES string of the molecule is CC1CCN(C(=O)CSc2nc3c(c(=O)n(C)c(=O)n3C)n2Cc2ccc(F)cc2)CC1. The molecule has 1 amide bonds. The Kier molecular flexibility index (Phi) is 6.23.